The minimum atomic E-state index is -0.460. The van der Waals surface area contributed by atoms with Crippen LogP contribution in [0.15, 0.2) is 18.2 Å². The quantitative estimate of drug-likeness (QED) is 0.710. The molecule has 0 bridgehead atoms. The summed E-state index contributed by atoms with van der Waals surface area (Å²) in [6.45, 7) is 3.20. The third kappa shape index (κ3) is 5.04. The van der Waals surface area contributed by atoms with Gasteiger partial charge in [-0.25, -0.2) is 4.98 Å². The van der Waals surface area contributed by atoms with Crippen LogP contribution in [0.25, 0.3) is 0 Å². The van der Waals surface area contributed by atoms with Gasteiger partial charge < -0.3 is 15.0 Å². The highest BCUT2D eigenvalue weighted by molar-refractivity contribution is 5.33. The number of ether oxygens (including phenoxy) is 1. The van der Waals surface area contributed by atoms with Crippen molar-refractivity contribution < 1.29 is 9.13 Å². The number of nitrogens with zero attached hydrogens (tertiary/aromatic N) is 2. The van der Waals surface area contributed by atoms with Crippen LogP contribution in [0.1, 0.15) is 0 Å². The molecule has 4 nitrogen and oxygen atoms in total. The van der Waals surface area contributed by atoms with Crippen molar-refractivity contribution in [1.29, 1.82) is 0 Å². The maximum Gasteiger partial charge on any atom is 0.214 e. The van der Waals surface area contributed by atoms with Crippen molar-refractivity contribution in [2.45, 2.75) is 0 Å². The van der Waals surface area contributed by atoms with Crippen LogP contribution in [-0.4, -0.2) is 50.3 Å². The van der Waals surface area contributed by atoms with Crippen molar-refractivity contribution >= 4 is 5.82 Å². The van der Waals surface area contributed by atoms with Gasteiger partial charge in [-0.3, -0.25) is 0 Å². The number of rotatable bonds is 7. The van der Waals surface area contributed by atoms with E-state index in [1.807, 2.05) is 7.05 Å². The molecule has 0 spiro atoms. The van der Waals surface area contributed by atoms with Gasteiger partial charge in [-0.05, 0) is 19.2 Å². The number of hydrogen-bond acceptors (Lipinski definition) is 4. The van der Waals surface area contributed by atoms with Crippen LogP contribution in [0.5, 0.6) is 0 Å². The van der Waals surface area contributed by atoms with Crippen LogP contribution in [-0.2, 0) is 4.74 Å². The van der Waals surface area contributed by atoms with Crippen LogP contribution in [0.2, 0.25) is 0 Å². The summed E-state index contributed by atoms with van der Waals surface area (Å²) in [4.78, 5) is 5.85. The molecular weight excluding hydrogens is 209 g/mol. The van der Waals surface area contributed by atoms with E-state index < -0.39 is 5.95 Å². The number of aromatic nitrogens is 1. The lowest BCUT2D eigenvalue weighted by Gasteiger charge is -2.16. The van der Waals surface area contributed by atoms with Gasteiger partial charge >= 0.3 is 0 Å². The molecule has 1 aromatic rings. The van der Waals surface area contributed by atoms with Gasteiger partial charge in [0.15, 0.2) is 0 Å². The Balaban J connectivity index is 2.20. The maximum absolute atomic E-state index is 12.7. The highest BCUT2D eigenvalue weighted by Gasteiger charge is 1.98. The number of hydrogen-bond donors (Lipinski definition) is 1. The molecule has 90 valence electrons. The fourth-order valence-electron chi connectivity index (χ4n) is 1.24. The van der Waals surface area contributed by atoms with E-state index in [4.69, 9.17) is 4.74 Å². The first-order chi connectivity index (χ1) is 7.72. The molecule has 16 heavy (non-hydrogen) atoms. The summed E-state index contributed by atoms with van der Waals surface area (Å²) in [6.07, 6.45) is 0. The van der Waals surface area contributed by atoms with E-state index >= 15 is 0 Å². The molecule has 0 unspecified atom stereocenters. The largest absolute Gasteiger partial charge is 0.383 e. The van der Waals surface area contributed by atoms with E-state index in [-0.39, 0.29) is 0 Å². The molecule has 0 aromatic carbocycles. The Morgan fingerprint density at radius 1 is 1.44 bits per heavy atom. The van der Waals surface area contributed by atoms with Gasteiger partial charge in [0.2, 0.25) is 5.95 Å². The zero-order valence-electron chi connectivity index (χ0n) is 9.74. The molecular formula is C11H18FN3O. The Morgan fingerprint density at radius 2 is 2.25 bits per heavy atom. The summed E-state index contributed by atoms with van der Waals surface area (Å²) >= 11 is 0. The molecule has 0 atom stereocenters. The fraction of sp³-hybridized carbons (Fsp3) is 0.545. The van der Waals surface area contributed by atoms with Gasteiger partial charge in [0, 0.05) is 26.7 Å². The Hall–Kier alpha value is -1.20. The molecule has 0 saturated carbocycles. The first kappa shape index (κ1) is 12.9. The standard InChI is InChI=1S/C11H18FN3O/c1-15(8-9-16-2)7-6-13-11-5-3-4-10(12)14-11/h3-5H,6-9H2,1-2H3,(H,13,14). The average molecular weight is 227 g/mol. The molecule has 0 amide bonds. The minimum absolute atomic E-state index is 0.460. The zero-order chi connectivity index (χ0) is 11.8. The number of anilines is 1. The normalized spacial score (nSPS) is 10.8. The van der Waals surface area contributed by atoms with Crippen molar-refractivity contribution in [3.63, 3.8) is 0 Å². The topological polar surface area (TPSA) is 37.4 Å². The molecule has 1 N–H and O–H groups in total. The molecule has 0 aliphatic rings. The molecule has 1 aromatic heterocycles. The van der Waals surface area contributed by atoms with Gasteiger partial charge in [0.25, 0.3) is 0 Å². The summed E-state index contributed by atoms with van der Waals surface area (Å²) in [5.74, 6) is 0.109. The predicted octanol–water partition coefficient (Wildman–Crippen LogP) is 1.21. The summed E-state index contributed by atoms with van der Waals surface area (Å²) in [5.41, 5.74) is 0. The second-order valence-electron chi connectivity index (χ2n) is 3.57. The van der Waals surface area contributed by atoms with Crippen molar-refractivity contribution in [3.05, 3.63) is 24.1 Å². The minimum Gasteiger partial charge on any atom is -0.383 e. The van der Waals surface area contributed by atoms with Gasteiger partial charge in [-0.1, -0.05) is 6.07 Å². The second-order valence-corrected chi connectivity index (χ2v) is 3.57. The SMILES string of the molecule is COCCN(C)CCNc1cccc(F)n1. The Morgan fingerprint density at radius 3 is 2.94 bits per heavy atom. The Labute approximate surface area is 95.4 Å². The second kappa shape index (κ2) is 7.14. The number of nitrogens with one attached hydrogen (secondary N) is 1. The summed E-state index contributed by atoms with van der Waals surface area (Å²) in [5, 5.41) is 3.06. The average Bonchev–Trinajstić information content (AvgIpc) is 2.26. The molecule has 5 heteroatoms. The summed E-state index contributed by atoms with van der Waals surface area (Å²) in [7, 11) is 3.70. The molecule has 0 aliphatic heterocycles. The lowest BCUT2D eigenvalue weighted by molar-refractivity contribution is 0.163. The van der Waals surface area contributed by atoms with Crippen LogP contribution < -0.4 is 5.32 Å². The number of methoxy groups -OCH3 is 1. The van der Waals surface area contributed by atoms with Gasteiger partial charge in [-0.2, -0.15) is 4.39 Å². The van der Waals surface area contributed by atoms with Crippen LogP contribution in [0.4, 0.5) is 10.2 Å². The molecule has 1 rings (SSSR count). The van der Waals surface area contributed by atoms with Crippen LogP contribution >= 0.6 is 0 Å². The van der Waals surface area contributed by atoms with Crippen LogP contribution in [0, 0.1) is 5.95 Å². The fourth-order valence-corrected chi connectivity index (χ4v) is 1.24. The molecule has 0 aliphatic carbocycles. The predicted molar refractivity (Wildman–Crippen MR) is 62.1 cm³/mol. The summed E-state index contributed by atoms with van der Waals surface area (Å²) < 4.78 is 17.7. The Bertz CT molecular complexity index is 309. The lowest BCUT2D eigenvalue weighted by Crippen LogP contribution is -2.28. The van der Waals surface area contributed by atoms with Crippen molar-refractivity contribution in [1.82, 2.24) is 9.88 Å². The van der Waals surface area contributed by atoms with E-state index in [1.165, 1.54) is 6.07 Å². The highest BCUT2D eigenvalue weighted by Crippen LogP contribution is 2.02. The third-order valence-electron chi connectivity index (χ3n) is 2.19. The monoisotopic (exact) mass is 227 g/mol. The summed E-state index contributed by atoms with van der Waals surface area (Å²) in [6, 6.07) is 4.72. The van der Waals surface area contributed by atoms with E-state index in [1.54, 1.807) is 19.2 Å². The van der Waals surface area contributed by atoms with E-state index in [0.29, 0.717) is 12.4 Å². The first-order valence-electron chi connectivity index (χ1n) is 5.26. The molecule has 0 saturated heterocycles. The van der Waals surface area contributed by atoms with Crippen molar-refractivity contribution in [2.24, 2.45) is 0 Å². The van der Waals surface area contributed by atoms with E-state index in [9.17, 15) is 4.39 Å². The van der Waals surface area contributed by atoms with E-state index in [0.717, 1.165) is 19.6 Å². The van der Waals surface area contributed by atoms with Crippen molar-refractivity contribution in [2.75, 3.05) is 45.7 Å². The number of likely N-dealkylation sites (N-methyl/N-ethyl adjacent to an activating group) is 1. The lowest BCUT2D eigenvalue weighted by atomic mass is 10.4. The van der Waals surface area contributed by atoms with Crippen LogP contribution in [0.3, 0.4) is 0 Å². The highest BCUT2D eigenvalue weighted by atomic mass is 19.1. The molecule has 1 heterocycles. The molecule has 0 radical (unpaired) electrons. The van der Waals surface area contributed by atoms with E-state index in [2.05, 4.69) is 15.2 Å². The van der Waals surface area contributed by atoms with Crippen molar-refractivity contribution in [3.8, 4) is 0 Å². The first-order valence-corrected chi connectivity index (χ1v) is 5.26. The number of pyridine rings is 1. The molecule has 0 fully saturated rings. The van der Waals surface area contributed by atoms with Gasteiger partial charge in [-0.15, -0.1) is 0 Å². The van der Waals surface area contributed by atoms with Gasteiger partial charge in [0.05, 0.1) is 6.61 Å². The van der Waals surface area contributed by atoms with Gasteiger partial charge in [0.1, 0.15) is 5.82 Å². The third-order valence-corrected chi connectivity index (χ3v) is 2.19. The number of halogens is 1. The maximum atomic E-state index is 12.7. The zero-order valence-corrected chi connectivity index (χ0v) is 9.74. The Kier molecular flexibility index (Phi) is 5.74. The smallest absolute Gasteiger partial charge is 0.214 e.